The van der Waals surface area contributed by atoms with Crippen LogP contribution in [0.3, 0.4) is 0 Å². The second kappa shape index (κ2) is 3.21. The molecule has 1 unspecified atom stereocenters. The van der Waals surface area contributed by atoms with Gasteiger partial charge in [0.25, 0.3) is 0 Å². The third-order valence-electron chi connectivity index (χ3n) is 2.71. The molecule has 0 heteroatoms. The zero-order valence-electron chi connectivity index (χ0n) is 7.96. The van der Waals surface area contributed by atoms with Crippen LogP contribution in [0.4, 0.5) is 0 Å². The summed E-state index contributed by atoms with van der Waals surface area (Å²) in [7, 11) is 0. The van der Waals surface area contributed by atoms with Gasteiger partial charge in [-0.05, 0) is 29.0 Å². The van der Waals surface area contributed by atoms with E-state index in [0.717, 1.165) is 6.42 Å². The SMILES string of the molecule is C=CC(C)C1=CCc2ccccc21. The van der Waals surface area contributed by atoms with Gasteiger partial charge in [-0.15, -0.1) is 6.58 Å². The Morgan fingerprint density at radius 2 is 2.15 bits per heavy atom. The van der Waals surface area contributed by atoms with E-state index in [4.69, 9.17) is 0 Å². The molecule has 66 valence electrons. The maximum atomic E-state index is 3.84. The van der Waals surface area contributed by atoms with E-state index in [1.54, 1.807) is 0 Å². The van der Waals surface area contributed by atoms with Crippen molar-refractivity contribution >= 4 is 5.57 Å². The van der Waals surface area contributed by atoms with Gasteiger partial charge in [-0.1, -0.05) is 43.3 Å². The maximum Gasteiger partial charge on any atom is -0.00101 e. The molecule has 0 bridgehead atoms. The van der Waals surface area contributed by atoms with Gasteiger partial charge < -0.3 is 0 Å². The van der Waals surface area contributed by atoms with Gasteiger partial charge in [-0.25, -0.2) is 0 Å². The minimum absolute atomic E-state index is 0.476. The van der Waals surface area contributed by atoms with Crippen molar-refractivity contribution < 1.29 is 0 Å². The topological polar surface area (TPSA) is 0 Å². The van der Waals surface area contributed by atoms with E-state index in [2.05, 4.69) is 43.8 Å². The molecular weight excluding hydrogens is 156 g/mol. The molecule has 0 N–H and O–H groups in total. The molecule has 1 atom stereocenters. The Morgan fingerprint density at radius 3 is 2.92 bits per heavy atom. The Bertz CT molecular complexity index is 358. The van der Waals surface area contributed by atoms with E-state index in [-0.39, 0.29) is 0 Å². The lowest BCUT2D eigenvalue weighted by Gasteiger charge is -2.09. The predicted octanol–water partition coefficient (Wildman–Crippen LogP) is 3.45. The van der Waals surface area contributed by atoms with Crippen LogP contribution >= 0.6 is 0 Å². The Morgan fingerprint density at radius 1 is 1.38 bits per heavy atom. The summed E-state index contributed by atoms with van der Waals surface area (Å²) in [6.45, 7) is 6.03. The molecule has 0 fully saturated rings. The first-order valence-corrected chi connectivity index (χ1v) is 4.74. The summed E-state index contributed by atoms with van der Waals surface area (Å²) in [5.74, 6) is 0.476. The Hall–Kier alpha value is -1.30. The third-order valence-corrected chi connectivity index (χ3v) is 2.71. The van der Waals surface area contributed by atoms with Crippen molar-refractivity contribution in [1.29, 1.82) is 0 Å². The van der Waals surface area contributed by atoms with Crippen LogP contribution < -0.4 is 0 Å². The highest BCUT2D eigenvalue weighted by molar-refractivity contribution is 5.75. The van der Waals surface area contributed by atoms with E-state index in [9.17, 15) is 0 Å². The third kappa shape index (κ3) is 1.33. The number of benzene rings is 1. The predicted molar refractivity (Wildman–Crippen MR) is 57.5 cm³/mol. The molecule has 0 aromatic heterocycles. The van der Waals surface area contributed by atoms with Gasteiger partial charge in [0.15, 0.2) is 0 Å². The second-order valence-corrected chi connectivity index (χ2v) is 3.55. The fourth-order valence-corrected chi connectivity index (χ4v) is 1.87. The molecule has 1 aliphatic rings. The molecule has 13 heavy (non-hydrogen) atoms. The monoisotopic (exact) mass is 170 g/mol. The molecule has 0 saturated heterocycles. The first-order chi connectivity index (χ1) is 6.33. The van der Waals surface area contributed by atoms with Crippen LogP contribution in [0.2, 0.25) is 0 Å². The Kier molecular flexibility index (Phi) is 2.05. The van der Waals surface area contributed by atoms with Crippen LogP contribution in [0.5, 0.6) is 0 Å². The molecule has 0 nitrogen and oxygen atoms in total. The normalized spacial score (nSPS) is 16.2. The van der Waals surface area contributed by atoms with Crippen molar-refractivity contribution in [1.82, 2.24) is 0 Å². The fourth-order valence-electron chi connectivity index (χ4n) is 1.87. The number of hydrogen-bond donors (Lipinski definition) is 0. The summed E-state index contributed by atoms with van der Waals surface area (Å²) in [6, 6.07) is 8.62. The average Bonchev–Trinajstić information content (AvgIpc) is 2.60. The lowest BCUT2D eigenvalue weighted by atomic mass is 9.96. The Balaban J connectivity index is 2.41. The van der Waals surface area contributed by atoms with E-state index in [1.165, 1.54) is 16.7 Å². The van der Waals surface area contributed by atoms with Gasteiger partial charge in [0.2, 0.25) is 0 Å². The van der Waals surface area contributed by atoms with Gasteiger partial charge in [-0.3, -0.25) is 0 Å². The zero-order chi connectivity index (χ0) is 9.26. The fraction of sp³-hybridized carbons (Fsp3) is 0.231. The lowest BCUT2D eigenvalue weighted by molar-refractivity contribution is 0.971. The quantitative estimate of drug-likeness (QED) is 0.596. The van der Waals surface area contributed by atoms with Crippen LogP contribution in [-0.2, 0) is 6.42 Å². The summed E-state index contributed by atoms with van der Waals surface area (Å²) in [5.41, 5.74) is 4.30. The summed E-state index contributed by atoms with van der Waals surface area (Å²) in [5, 5.41) is 0. The van der Waals surface area contributed by atoms with Gasteiger partial charge in [-0.2, -0.15) is 0 Å². The summed E-state index contributed by atoms with van der Waals surface area (Å²) >= 11 is 0. The molecule has 0 heterocycles. The number of fused-ring (bicyclic) bond motifs is 1. The minimum atomic E-state index is 0.476. The average molecular weight is 170 g/mol. The minimum Gasteiger partial charge on any atom is -0.102 e. The van der Waals surface area contributed by atoms with Crippen LogP contribution in [-0.4, -0.2) is 0 Å². The molecule has 0 amide bonds. The van der Waals surface area contributed by atoms with Crippen molar-refractivity contribution in [3.8, 4) is 0 Å². The lowest BCUT2D eigenvalue weighted by Crippen LogP contribution is -1.92. The first kappa shape index (κ1) is 8.31. The molecule has 1 aliphatic carbocycles. The maximum absolute atomic E-state index is 3.84. The highest BCUT2D eigenvalue weighted by atomic mass is 14.2. The Labute approximate surface area is 79.6 Å². The summed E-state index contributed by atoms with van der Waals surface area (Å²) < 4.78 is 0. The van der Waals surface area contributed by atoms with E-state index in [1.807, 2.05) is 6.08 Å². The summed E-state index contributed by atoms with van der Waals surface area (Å²) in [4.78, 5) is 0. The van der Waals surface area contributed by atoms with Gasteiger partial charge in [0.1, 0.15) is 0 Å². The molecule has 1 aromatic rings. The van der Waals surface area contributed by atoms with E-state index < -0.39 is 0 Å². The van der Waals surface area contributed by atoms with Crippen LogP contribution in [0.25, 0.3) is 5.57 Å². The molecule has 0 aliphatic heterocycles. The molecule has 2 rings (SSSR count). The van der Waals surface area contributed by atoms with Crippen LogP contribution in [0.15, 0.2) is 43.0 Å². The molecular formula is C13H14. The molecule has 0 radical (unpaired) electrons. The molecule has 0 spiro atoms. The van der Waals surface area contributed by atoms with E-state index in [0.29, 0.717) is 5.92 Å². The van der Waals surface area contributed by atoms with Crippen LogP contribution in [0, 0.1) is 5.92 Å². The van der Waals surface area contributed by atoms with Crippen molar-refractivity contribution in [3.05, 3.63) is 54.1 Å². The number of allylic oxidation sites excluding steroid dienone is 3. The van der Waals surface area contributed by atoms with Gasteiger partial charge in [0, 0.05) is 0 Å². The first-order valence-electron chi connectivity index (χ1n) is 4.74. The standard InChI is InChI=1S/C13H14/c1-3-10(2)12-9-8-11-6-4-5-7-13(11)12/h3-7,9-10H,1,8H2,2H3. The zero-order valence-corrected chi connectivity index (χ0v) is 7.96. The van der Waals surface area contributed by atoms with E-state index >= 15 is 0 Å². The number of hydrogen-bond acceptors (Lipinski definition) is 0. The molecule has 1 aromatic carbocycles. The smallest absolute Gasteiger partial charge is 0.00101 e. The van der Waals surface area contributed by atoms with Crippen molar-refractivity contribution in [2.24, 2.45) is 5.92 Å². The van der Waals surface area contributed by atoms with Crippen LogP contribution in [0.1, 0.15) is 18.1 Å². The van der Waals surface area contributed by atoms with Gasteiger partial charge >= 0.3 is 0 Å². The highest BCUT2D eigenvalue weighted by Gasteiger charge is 2.15. The van der Waals surface area contributed by atoms with Gasteiger partial charge in [0.05, 0.1) is 0 Å². The highest BCUT2D eigenvalue weighted by Crippen LogP contribution is 2.32. The van der Waals surface area contributed by atoms with Crippen molar-refractivity contribution in [2.75, 3.05) is 0 Å². The largest absolute Gasteiger partial charge is 0.102 e. The number of rotatable bonds is 2. The second-order valence-electron chi connectivity index (χ2n) is 3.55. The van der Waals surface area contributed by atoms with Crippen molar-refractivity contribution in [2.45, 2.75) is 13.3 Å². The van der Waals surface area contributed by atoms with Crippen molar-refractivity contribution in [3.63, 3.8) is 0 Å². The molecule has 0 saturated carbocycles. The summed E-state index contributed by atoms with van der Waals surface area (Å²) in [6.07, 6.45) is 5.41.